The summed E-state index contributed by atoms with van der Waals surface area (Å²) in [5.41, 5.74) is 5.33. The third-order valence-electron chi connectivity index (χ3n) is 7.13. The Hall–Kier alpha value is -4.35. The lowest BCUT2D eigenvalue weighted by atomic mass is 9.40. The number of fused-ring (bicyclic) bond motifs is 1. The fourth-order valence-electron chi connectivity index (χ4n) is 5.55. The van der Waals surface area contributed by atoms with Crippen molar-refractivity contribution in [3.8, 4) is 23.8 Å². The van der Waals surface area contributed by atoms with Gasteiger partial charge in [-0.05, 0) is 74.9 Å². The first-order valence-electron chi connectivity index (χ1n) is 11.9. The molecule has 10 nitrogen and oxygen atoms in total. The summed E-state index contributed by atoms with van der Waals surface area (Å²) < 4.78 is 8.43. The first kappa shape index (κ1) is 23.1. The Morgan fingerprint density at radius 1 is 1.14 bits per heavy atom. The lowest BCUT2D eigenvalue weighted by molar-refractivity contribution is -0.0665. The molecule has 3 saturated carbocycles. The minimum Gasteiger partial charge on any atom is -0.436 e. The van der Waals surface area contributed by atoms with Gasteiger partial charge in [-0.15, -0.1) is 21.5 Å². The highest BCUT2D eigenvalue weighted by Crippen LogP contribution is 2.67. The molecule has 37 heavy (non-hydrogen) atoms. The maximum atomic E-state index is 9.42. The number of nitrogens with one attached hydrogen (secondary N) is 1. The van der Waals surface area contributed by atoms with E-state index in [1.165, 1.54) is 17.4 Å². The molecule has 0 spiro atoms. The van der Waals surface area contributed by atoms with Gasteiger partial charge >= 0.3 is 0 Å². The highest BCUT2D eigenvalue weighted by atomic mass is 32.1. The van der Waals surface area contributed by atoms with Crippen molar-refractivity contribution in [3.05, 3.63) is 51.2 Å². The van der Waals surface area contributed by atoms with E-state index in [0.29, 0.717) is 35.3 Å². The van der Waals surface area contributed by atoms with Gasteiger partial charge in [-0.25, -0.2) is 4.98 Å². The Kier molecular flexibility index (Phi) is 5.21. The molecule has 184 valence electrons. The van der Waals surface area contributed by atoms with E-state index in [0.717, 1.165) is 46.8 Å². The Balaban J connectivity index is 1.42. The molecule has 0 radical (unpaired) electrons. The van der Waals surface area contributed by atoms with E-state index in [1.807, 2.05) is 43.5 Å². The van der Waals surface area contributed by atoms with E-state index < -0.39 is 0 Å². The summed E-state index contributed by atoms with van der Waals surface area (Å²) in [4.78, 5) is 14.4. The Morgan fingerprint density at radius 2 is 1.89 bits per heavy atom. The van der Waals surface area contributed by atoms with Crippen LogP contribution in [0.3, 0.4) is 0 Å². The molecule has 3 fully saturated rings. The molecule has 0 aliphatic heterocycles. The van der Waals surface area contributed by atoms with Crippen molar-refractivity contribution in [1.29, 1.82) is 10.5 Å². The quantitative estimate of drug-likeness (QED) is 0.347. The third-order valence-corrected chi connectivity index (χ3v) is 7.81. The van der Waals surface area contributed by atoms with E-state index in [9.17, 15) is 5.26 Å². The molecular formula is C26H23N9OS. The predicted molar refractivity (Wildman–Crippen MR) is 138 cm³/mol. The highest BCUT2D eigenvalue weighted by Gasteiger charge is 2.69. The van der Waals surface area contributed by atoms with Gasteiger partial charge < -0.3 is 14.6 Å². The monoisotopic (exact) mass is 509 g/mol. The number of hydrogen-bond acceptors (Lipinski definition) is 10. The summed E-state index contributed by atoms with van der Waals surface area (Å²) in [7, 11) is 0. The number of hydrogen-bond donors (Lipinski definition) is 1. The van der Waals surface area contributed by atoms with Gasteiger partial charge in [0, 0.05) is 11.6 Å². The molecule has 3 aromatic heterocycles. The lowest BCUT2D eigenvalue weighted by Gasteiger charge is -2.66. The number of ether oxygens (including phenoxy) is 1. The molecule has 3 heterocycles. The molecule has 1 aromatic carbocycles. The molecule has 0 amide bonds. The van der Waals surface area contributed by atoms with E-state index in [-0.39, 0.29) is 11.0 Å². The third kappa shape index (κ3) is 3.88. The molecule has 3 aliphatic rings. The molecule has 1 N–H and O–H groups in total. The van der Waals surface area contributed by atoms with Crippen LogP contribution in [0.25, 0.3) is 17.2 Å². The van der Waals surface area contributed by atoms with Crippen LogP contribution in [0.4, 0.5) is 5.95 Å². The number of nitrogens with zero attached hydrogens (tertiary/aromatic N) is 8. The van der Waals surface area contributed by atoms with Crippen molar-refractivity contribution in [1.82, 2.24) is 29.7 Å². The molecule has 7 rings (SSSR count). The summed E-state index contributed by atoms with van der Waals surface area (Å²) in [6.07, 6.45) is 5.62. The molecule has 4 aromatic rings. The smallest absolute Gasteiger partial charge is 0.252 e. The van der Waals surface area contributed by atoms with Crippen LogP contribution in [-0.4, -0.2) is 35.3 Å². The van der Waals surface area contributed by atoms with Gasteiger partial charge in [0.2, 0.25) is 5.95 Å². The normalized spacial score (nSPS) is 21.8. The number of nitriles is 2. The van der Waals surface area contributed by atoms with Gasteiger partial charge in [-0.2, -0.15) is 20.5 Å². The minimum atomic E-state index is -0.192. The van der Waals surface area contributed by atoms with Crippen LogP contribution in [-0.2, 0) is 6.54 Å². The average molecular weight is 510 g/mol. The lowest BCUT2D eigenvalue weighted by Crippen LogP contribution is -2.70. The summed E-state index contributed by atoms with van der Waals surface area (Å²) >= 11 is 1.47. The van der Waals surface area contributed by atoms with Crippen LogP contribution in [0.2, 0.25) is 0 Å². The van der Waals surface area contributed by atoms with Crippen molar-refractivity contribution in [2.24, 2.45) is 5.41 Å². The van der Waals surface area contributed by atoms with Crippen LogP contribution >= 0.6 is 11.3 Å². The van der Waals surface area contributed by atoms with Crippen LogP contribution in [0, 0.1) is 48.8 Å². The highest BCUT2D eigenvalue weighted by molar-refractivity contribution is 7.09. The minimum absolute atomic E-state index is 0.139. The maximum absolute atomic E-state index is 9.42. The number of rotatable bonds is 7. The molecule has 2 bridgehead atoms. The second-order valence-electron chi connectivity index (χ2n) is 9.98. The molecular weight excluding hydrogens is 486 g/mol. The number of imidazole rings is 1. The van der Waals surface area contributed by atoms with Gasteiger partial charge in [0.15, 0.2) is 11.2 Å². The van der Waals surface area contributed by atoms with Crippen molar-refractivity contribution < 1.29 is 4.74 Å². The Bertz CT molecular complexity index is 1610. The fourth-order valence-corrected chi connectivity index (χ4v) is 6.06. The second-order valence-corrected chi connectivity index (χ2v) is 10.9. The number of anilines is 1. The number of allylic oxidation sites excluding steroid dienone is 1. The van der Waals surface area contributed by atoms with Gasteiger partial charge in [0.05, 0.1) is 24.1 Å². The zero-order valence-electron chi connectivity index (χ0n) is 20.6. The molecule has 3 aliphatic carbocycles. The standard InChI is InChI=1S/C26H23N9OS/c1-15-7-18(5-4-6-27)8-16(2)21(15)36-23-20-22(35(17(3)30-20)9-19-34-29-14-37-19)31-24(32-23)33-26-10-25(11-26,12-26)13-28/h4-5,7-8,14H,9-12H2,1-3H3,(H,31,32,33)/b5-4+. The summed E-state index contributed by atoms with van der Waals surface area (Å²) in [5.74, 6) is 2.27. The van der Waals surface area contributed by atoms with E-state index >= 15 is 0 Å². The first-order valence-corrected chi connectivity index (χ1v) is 12.8. The molecule has 0 atom stereocenters. The topological polar surface area (TPSA) is 138 Å². The van der Waals surface area contributed by atoms with E-state index in [2.05, 4.69) is 21.6 Å². The van der Waals surface area contributed by atoms with E-state index in [1.54, 1.807) is 11.6 Å². The van der Waals surface area contributed by atoms with Gasteiger partial charge in [-0.1, -0.05) is 0 Å². The van der Waals surface area contributed by atoms with Crippen molar-refractivity contribution in [3.63, 3.8) is 0 Å². The van der Waals surface area contributed by atoms with Crippen LogP contribution < -0.4 is 10.1 Å². The van der Waals surface area contributed by atoms with Crippen LogP contribution in [0.15, 0.2) is 23.7 Å². The van der Waals surface area contributed by atoms with Crippen LogP contribution in [0.1, 0.15) is 46.8 Å². The fraction of sp³-hybridized carbons (Fsp3) is 0.346. The van der Waals surface area contributed by atoms with Crippen LogP contribution in [0.5, 0.6) is 11.6 Å². The predicted octanol–water partition coefficient (Wildman–Crippen LogP) is 4.84. The zero-order valence-corrected chi connectivity index (χ0v) is 21.4. The SMILES string of the molecule is Cc1cc(/C=C/C#N)cc(C)c1Oc1nc(NC23CC(C#N)(C2)C3)nc2c1nc(C)n2Cc1nncs1. The average Bonchev–Trinajstić information content (AvgIpc) is 3.45. The van der Waals surface area contributed by atoms with Gasteiger partial charge in [-0.3, -0.25) is 0 Å². The number of benzene rings is 1. The molecule has 0 saturated heterocycles. The largest absolute Gasteiger partial charge is 0.436 e. The zero-order chi connectivity index (χ0) is 25.8. The van der Waals surface area contributed by atoms with Crippen molar-refractivity contribution in [2.45, 2.75) is 52.1 Å². The Morgan fingerprint density at radius 3 is 2.54 bits per heavy atom. The number of aromatic nitrogens is 6. The first-order chi connectivity index (χ1) is 17.8. The summed E-state index contributed by atoms with van der Waals surface area (Å²) in [5, 5.41) is 30.8. The molecule has 0 unspecified atom stereocenters. The van der Waals surface area contributed by atoms with E-state index in [4.69, 9.17) is 25.0 Å². The second kappa shape index (κ2) is 8.36. The maximum Gasteiger partial charge on any atom is 0.252 e. The van der Waals surface area contributed by atoms with Crippen molar-refractivity contribution >= 4 is 34.5 Å². The van der Waals surface area contributed by atoms with Gasteiger partial charge in [0.25, 0.3) is 5.88 Å². The van der Waals surface area contributed by atoms with Crippen molar-refractivity contribution in [2.75, 3.05) is 5.32 Å². The molecule has 11 heteroatoms. The summed E-state index contributed by atoms with van der Waals surface area (Å²) in [6.45, 7) is 6.34. The summed E-state index contributed by atoms with van der Waals surface area (Å²) in [6, 6.07) is 8.40. The Labute approximate surface area is 217 Å². The van der Waals surface area contributed by atoms with Gasteiger partial charge in [0.1, 0.15) is 22.1 Å². The number of aryl methyl sites for hydroxylation is 3.